The molecule has 1 amide bonds. The topological polar surface area (TPSA) is 96.3 Å². The minimum atomic E-state index is -0.837. The maximum Gasteiger partial charge on any atom is 0.237 e. The van der Waals surface area contributed by atoms with E-state index in [1.807, 2.05) is 13.8 Å². The zero-order valence-corrected chi connectivity index (χ0v) is 20.8. The highest BCUT2D eigenvalue weighted by Gasteiger charge is 2.61. The highest BCUT2D eigenvalue weighted by molar-refractivity contribution is 5.79. The van der Waals surface area contributed by atoms with Gasteiger partial charge in [0.05, 0.1) is 31.9 Å². The van der Waals surface area contributed by atoms with Crippen LogP contribution in [0.15, 0.2) is 0 Å². The number of nitriles is 1. The standard InChI is InChI=1S/C24H40N4O5/c1-17-15-31-24(21(20(17)30-5)32-22(2,3)33-24)16-27-11-8-23(4,9-12-27)26-14-19(29)28-10-6-7-18(28)13-25/h17-18,20-21,26H,6-12,14-16H2,1-5H3/t17-,18+,20?,21+,24+/m1/s1. The van der Waals surface area contributed by atoms with E-state index in [-0.39, 0.29) is 42.2 Å². The number of likely N-dealkylation sites (tertiary alicyclic amines) is 2. The van der Waals surface area contributed by atoms with Crippen LogP contribution in [0.25, 0.3) is 0 Å². The van der Waals surface area contributed by atoms with Crippen LogP contribution in [-0.4, -0.2) is 97.5 Å². The van der Waals surface area contributed by atoms with E-state index < -0.39 is 11.6 Å². The Morgan fingerprint density at radius 3 is 2.64 bits per heavy atom. The summed E-state index contributed by atoms with van der Waals surface area (Å²) in [5.74, 6) is -1.31. The number of methoxy groups -OCH3 is 1. The highest BCUT2D eigenvalue weighted by Crippen LogP contribution is 2.45. The Hall–Kier alpha value is -1.28. The molecular formula is C24H40N4O5. The minimum absolute atomic E-state index is 0.0264. The summed E-state index contributed by atoms with van der Waals surface area (Å²) >= 11 is 0. The molecule has 0 saturated carbocycles. The maximum atomic E-state index is 12.6. The monoisotopic (exact) mass is 464 g/mol. The van der Waals surface area contributed by atoms with Gasteiger partial charge in [-0.1, -0.05) is 6.92 Å². The van der Waals surface area contributed by atoms with Crippen molar-refractivity contribution < 1.29 is 23.7 Å². The van der Waals surface area contributed by atoms with Gasteiger partial charge in [0, 0.05) is 38.2 Å². The van der Waals surface area contributed by atoms with Crippen LogP contribution in [0.1, 0.15) is 53.4 Å². The van der Waals surface area contributed by atoms with Gasteiger partial charge in [-0.2, -0.15) is 5.26 Å². The lowest BCUT2D eigenvalue weighted by Crippen LogP contribution is -2.63. The second kappa shape index (κ2) is 9.40. The lowest BCUT2D eigenvalue weighted by Gasteiger charge is -2.47. The summed E-state index contributed by atoms with van der Waals surface area (Å²) in [5, 5.41) is 12.7. The van der Waals surface area contributed by atoms with Gasteiger partial charge >= 0.3 is 0 Å². The van der Waals surface area contributed by atoms with E-state index in [2.05, 4.69) is 30.1 Å². The molecule has 0 aliphatic carbocycles. The van der Waals surface area contributed by atoms with Crippen LogP contribution in [0.3, 0.4) is 0 Å². The normalized spacial score (nSPS) is 38.1. The van der Waals surface area contributed by atoms with E-state index >= 15 is 0 Å². The summed E-state index contributed by atoms with van der Waals surface area (Å²) in [6.45, 7) is 12.1. The van der Waals surface area contributed by atoms with Gasteiger partial charge in [-0.05, 0) is 46.5 Å². The first kappa shape index (κ1) is 24.8. The first-order valence-corrected chi connectivity index (χ1v) is 12.3. The van der Waals surface area contributed by atoms with Gasteiger partial charge in [0.25, 0.3) is 0 Å². The first-order valence-electron chi connectivity index (χ1n) is 12.3. The number of fused-ring (bicyclic) bond motifs is 1. The average molecular weight is 465 g/mol. The summed E-state index contributed by atoms with van der Waals surface area (Å²) < 4.78 is 24.8. The average Bonchev–Trinajstić information content (AvgIpc) is 3.35. The number of hydrogen-bond acceptors (Lipinski definition) is 8. The second-order valence-corrected chi connectivity index (χ2v) is 10.9. The predicted molar refractivity (Wildman–Crippen MR) is 121 cm³/mol. The Morgan fingerprint density at radius 1 is 1.24 bits per heavy atom. The Morgan fingerprint density at radius 2 is 1.97 bits per heavy atom. The molecule has 4 fully saturated rings. The van der Waals surface area contributed by atoms with E-state index in [0.29, 0.717) is 19.7 Å². The molecule has 1 unspecified atom stereocenters. The molecule has 0 aromatic carbocycles. The zero-order chi connectivity index (χ0) is 23.9. The third kappa shape index (κ3) is 5.07. The number of piperidine rings is 1. The summed E-state index contributed by atoms with van der Waals surface area (Å²) in [6, 6.07) is 1.98. The molecule has 9 nitrogen and oxygen atoms in total. The number of carbonyl (C=O) groups excluding carboxylic acids is 1. The molecule has 4 aliphatic heterocycles. The minimum Gasteiger partial charge on any atom is -0.378 e. The van der Waals surface area contributed by atoms with Gasteiger partial charge in [0.15, 0.2) is 5.79 Å². The predicted octanol–water partition coefficient (Wildman–Crippen LogP) is 1.47. The molecule has 4 rings (SSSR count). The molecule has 0 spiro atoms. The Labute approximate surface area is 197 Å². The van der Waals surface area contributed by atoms with Crippen molar-refractivity contribution in [3.63, 3.8) is 0 Å². The molecule has 9 heteroatoms. The fourth-order valence-corrected chi connectivity index (χ4v) is 5.80. The van der Waals surface area contributed by atoms with Gasteiger partial charge in [0.2, 0.25) is 11.7 Å². The molecule has 0 aromatic rings. The summed E-state index contributed by atoms with van der Waals surface area (Å²) in [7, 11) is 1.73. The fraction of sp³-hybridized carbons (Fsp3) is 0.917. The van der Waals surface area contributed by atoms with E-state index in [9.17, 15) is 10.1 Å². The van der Waals surface area contributed by atoms with Crippen molar-refractivity contribution in [1.82, 2.24) is 15.1 Å². The Kier molecular flexibility index (Phi) is 7.08. The Bertz CT molecular complexity index is 762. The second-order valence-electron chi connectivity index (χ2n) is 10.9. The third-order valence-electron chi connectivity index (χ3n) is 7.78. The fourth-order valence-electron chi connectivity index (χ4n) is 5.80. The van der Waals surface area contributed by atoms with E-state index in [1.165, 1.54) is 0 Å². The van der Waals surface area contributed by atoms with Crippen molar-refractivity contribution in [2.24, 2.45) is 5.92 Å². The first-order chi connectivity index (χ1) is 15.6. The molecule has 0 radical (unpaired) electrons. The number of rotatable bonds is 6. The van der Waals surface area contributed by atoms with E-state index in [1.54, 1.807) is 12.0 Å². The number of carbonyl (C=O) groups is 1. The molecule has 186 valence electrons. The maximum absolute atomic E-state index is 12.6. The summed E-state index contributed by atoms with van der Waals surface area (Å²) in [4.78, 5) is 16.7. The quantitative estimate of drug-likeness (QED) is 0.631. The van der Waals surface area contributed by atoms with E-state index in [0.717, 1.165) is 38.8 Å². The summed E-state index contributed by atoms with van der Waals surface area (Å²) in [6.07, 6.45) is 3.16. The molecule has 4 aliphatic rings. The van der Waals surface area contributed by atoms with Crippen molar-refractivity contribution in [3.8, 4) is 6.07 Å². The van der Waals surface area contributed by atoms with Crippen molar-refractivity contribution >= 4 is 5.91 Å². The van der Waals surface area contributed by atoms with Gasteiger partial charge in [-0.15, -0.1) is 0 Å². The van der Waals surface area contributed by atoms with Gasteiger partial charge in [0.1, 0.15) is 12.1 Å². The summed E-state index contributed by atoms with van der Waals surface area (Å²) in [5.41, 5.74) is -0.117. The molecular weight excluding hydrogens is 424 g/mol. The Balaban J connectivity index is 1.33. The molecule has 4 saturated heterocycles. The molecule has 0 aromatic heterocycles. The van der Waals surface area contributed by atoms with Crippen molar-refractivity contribution in [2.75, 3.05) is 46.4 Å². The SMILES string of the molecule is COC1[C@H](C)CO[C@@]2(CN3CCC(C)(NCC(=O)N4CCC[C@H]4C#N)CC3)OC(C)(C)O[C@@H]12. The number of amides is 1. The molecule has 5 atom stereocenters. The third-order valence-corrected chi connectivity index (χ3v) is 7.78. The number of ether oxygens (including phenoxy) is 4. The smallest absolute Gasteiger partial charge is 0.237 e. The van der Waals surface area contributed by atoms with Crippen LogP contribution in [-0.2, 0) is 23.7 Å². The largest absolute Gasteiger partial charge is 0.378 e. The number of hydrogen-bond donors (Lipinski definition) is 1. The van der Waals surface area contributed by atoms with Crippen molar-refractivity contribution in [2.45, 2.75) is 88.7 Å². The van der Waals surface area contributed by atoms with Crippen LogP contribution in [0, 0.1) is 17.2 Å². The van der Waals surface area contributed by atoms with Crippen LogP contribution >= 0.6 is 0 Å². The van der Waals surface area contributed by atoms with Crippen LogP contribution in [0.2, 0.25) is 0 Å². The van der Waals surface area contributed by atoms with Gasteiger partial charge < -0.3 is 29.2 Å². The lowest BCUT2D eigenvalue weighted by molar-refractivity contribution is -0.292. The molecule has 0 bridgehead atoms. The highest BCUT2D eigenvalue weighted by atomic mass is 16.8. The van der Waals surface area contributed by atoms with Gasteiger partial charge in [-0.3, -0.25) is 9.69 Å². The molecule has 4 heterocycles. The van der Waals surface area contributed by atoms with Gasteiger partial charge in [-0.25, -0.2) is 0 Å². The lowest BCUT2D eigenvalue weighted by atomic mass is 9.87. The van der Waals surface area contributed by atoms with Crippen LogP contribution in [0.5, 0.6) is 0 Å². The van der Waals surface area contributed by atoms with E-state index in [4.69, 9.17) is 18.9 Å². The van der Waals surface area contributed by atoms with Crippen LogP contribution in [0.4, 0.5) is 0 Å². The van der Waals surface area contributed by atoms with Crippen molar-refractivity contribution in [3.05, 3.63) is 0 Å². The van der Waals surface area contributed by atoms with Crippen molar-refractivity contribution in [1.29, 1.82) is 5.26 Å². The molecule has 1 N–H and O–H groups in total. The number of nitrogens with one attached hydrogen (secondary N) is 1. The number of nitrogens with zero attached hydrogens (tertiary/aromatic N) is 3. The zero-order valence-electron chi connectivity index (χ0n) is 20.8. The van der Waals surface area contributed by atoms with Crippen LogP contribution < -0.4 is 5.32 Å². The molecule has 33 heavy (non-hydrogen) atoms.